The fourth-order valence-electron chi connectivity index (χ4n) is 2.64. The fraction of sp³-hybridized carbons (Fsp3) is 0.750. The molecule has 90 valence electrons. The number of nitrogens with zero attached hydrogens (tertiary/aromatic N) is 2. The van der Waals surface area contributed by atoms with E-state index in [0.717, 1.165) is 4.77 Å². The van der Waals surface area contributed by atoms with Crippen molar-refractivity contribution >= 4 is 12.2 Å². The van der Waals surface area contributed by atoms with Crippen LogP contribution in [0.4, 0.5) is 0 Å². The molecular weight excluding hydrogens is 218 g/mol. The van der Waals surface area contributed by atoms with Crippen LogP contribution in [-0.4, -0.2) is 34.1 Å². The van der Waals surface area contributed by atoms with Gasteiger partial charge < -0.3 is 14.5 Å². The quantitative estimate of drug-likeness (QED) is 0.820. The molecule has 1 N–H and O–H groups in total. The number of aryl methyl sites for hydroxylation is 1. The molecule has 1 saturated heterocycles. The molecule has 0 aromatic carbocycles. The summed E-state index contributed by atoms with van der Waals surface area (Å²) in [6.45, 7) is 8.04. The molecule has 1 aliphatic rings. The predicted molar refractivity (Wildman–Crippen MR) is 69.4 cm³/mol. The lowest BCUT2D eigenvalue weighted by molar-refractivity contribution is 0.185. The average molecular weight is 239 g/mol. The summed E-state index contributed by atoms with van der Waals surface area (Å²) in [5, 5.41) is 0. The Balaban J connectivity index is 2.02. The molecule has 2 heterocycles. The van der Waals surface area contributed by atoms with Crippen LogP contribution < -0.4 is 0 Å². The Bertz CT molecular complexity index is 385. The molecule has 1 aliphatic heterocycles. The number of nitrogens with one attached hydrogen (secondary N) is 1. The molecule has 1 aromatic rings. The van der Waals surface area contributed by atoms with Crippen molar-refractivity contribution in [2.45, 2.75) is 39.2 Å². The first-order valence-corrected chi connectivity index (χ1v) is 6.62. The minimum atomic E-state index is 0.604. The molecule has 16 heavy (non-hydrogen) atoms. The summed E-state index contributed by atoms with van der Waals surface area (Å²) < 4.78 is 3.17. The van der Waals surface area contributed by atoms with E-state index in [1.807, 2.05) is 6.20 Å². The van der Waals surface area contributed by atoms with Crippen LogP contribution in [0.1, 0.15) is 37.9 Å². The van der Waals surface area contributed by atoms with E-state index < -0.39 is 0 Å². The monoisotopic (exact) mass is 239 g/mol. The van der Waals surface area contributed by atoms with Crippen molar-refractivity contribution in [3.8, 4) is 0 Å². The zero-order valence-electron chi connectivity index (χ0n) is 10.2. The van der Waals surface area contributed by atoms with E-state index in [0.29, 0.717) is 6.04 Å². The van der Waals surface area contributed by atoms with Crippen molar-refractivity contribution in [3.05, 3.63) is 16.7 Å². The summed E-state index contributed by atoms with van der Waals surface area (Å²) >= 11 is 5.33. The zero-order chi connectivity index (χ0) is 11.5. The van der Waals surface area contributed by atoms with Crippen LogP contribution in [0.25, 0.3) is 0 Å². The largest absolute Gasteiger partial charge is 0.337 e. The van der Waals surface area contributed by atoms with Gasteiger partial charge in [-0.25, -0.2) is 0 Å². The highest BCUT2D eigenvalue weighted by Crippen LogP contribution is 2.24. The number of hydrogen-bond acceptors (Lipinski definition) is 2. The van der Waals surface area contributed by atoms with Gasteiger partial charge in [-0.1, -0.05) is 6.92 Å². The first kappa shape index (κ1) is 11.9. The number of piperidine rings is 1. The van der Waals surface area contributed by atoms with Gasteiger partial charge in [-0.05, 0) is 44.9 Å². The van der Waals surface area contributed by atoms with Gasteiger partial charge in [0.15, 0.2) is 4.77 Å². The molecule has 0 aliphatic carbocycles. The van der Waals surface area contributed by atoms with Gasteiger partial charge in [-0.15, -0.1) is 0 Å². The Morgan fingerprint density at radius 3 is 2.62 bits per heavy atom. The number of aromatic amines is 1. The van der Waals surface area contributed by atoms with Crippen molar-refractivity contribution in [1.29, 1.82) is 0 Å². The summed E-state index contributed by atoms with van der Waals surface area (Å²) in [5.41, 5.74) is 1.26. The Morgan fingerprint density at radius 1 is 1.44 bits per heavy atom. The average Bonchev–Trinajstić information content (AvgIpc) is 2.61. The Morgan fingerprint density at radius 2 is 2.12 bits per heavy atom. The zero-order valence-corrected chi connectivity index (χ0v) is 11.0. The molecule has 0 bridgehead atoms. The summed E-state index contributed by atoms with van der Waals surface area (Å²) in [5.74, 6) is 0. The van der Waals surface area contributed by atoms with E-state index in [9.17, 15) is 0 Å². The maximum Gasteiger partial charge on any atom is 0.177 e. The van der Waals surface area contributed by atoms with Gasteiger partial charge in [-0.3, -0.25) is 0 Å². The maximum absolute atomic E-state index is 5.33. The molecule has 1 fully saturated rings. The van der Waals surface area contributed by atoms with Gasteiger partial charge >= 0.3 is 0 Å². The molecule has 0 saturated carbocycles. The molecule has 0 atom stereocenters. The van der Waals surface area contributed by atoms with Gasteiger partial charge in [-0.2, -0.15) is 0 Å². The second-order valence-electron chi connectivity index (χ2n) is 4.68. The van der Waals surface area contributed by atoms with Crippen LogP contribution >= 0.6 is 12.2 Å². The van der Waals surface area contributed by atoms with Crippen LogP contribution in [-0.2, 0) is 0 Å². The van der Waals surface area contributed by atoms with Gasteiger partial charge in [0, 0.05) is 31.0 Å². The van der Waals surface area contributed by atoms with Gasteiger partial charge in [0.1, 0.15) is 0 Å². The lowest BCUT2D eigenvalue weighted by Crippen LogP contribution is -2.35. The lowest BCUT2D eigenvalue weighted by Gasteiger charge is -2.32. The number of hydrogen-bond donors (Lipinski definition) is 1. The van der Waals surface area contributed by atoms with E-state index >= 15 is 0 Å². The topological polar surface area (TPSA) is 24.0 Å². The van der Waals surface area contributed by atoms with Crippen molar-refractivity contribution < 1.29 is 0 Å². The summed E-state index contributed by atoms with van der Waals surface area (Å²) in [7, 11) is 0. The number of aromatic nitrogens is 2. The normalized spacial score (nSPS) is 19.1. The molecule has 3 nitrogen and oxygen atoms in total. The molecule has 2 rings (SSSR count). The van der Waals surface area contributed by atoms with Gasteiger partial charge in [0.05, 0.1) is 0 Å². The molecule has 4 heteroatoms. The molecular formula is C12H21N3S. The molecule has 0 radical (unpaired) electrons. The van der Waals surface area contributed by atoms with Crippen molar-refractivity contribution in [2.24, 2.45) is 0 Å². The van der Waals surface area contributed by atoms with Crippen molar-refractivity contribution in [3.63, 3.8) is 0 Å². The van der Waals surface area contributed by atoms with E-state index in [1.54, 1.807) is 0 Å². The second kappa shape index (κ2) is 5.15. The summed E-state index contributed by atoms with van der Waals surface area (Å²) in [6, 6.07) is 0.604. The molecule has 0 unspecified atom stereocenters. The number of H-pyrrole nitrogens is 1. The molecule has 1 aromatic heterocycles. The standard InChI is InChI=1S/C12H21N3S/c1-3-6-14-7-4-11(5-8-14)15-10(2)9-13-12(15)16/h9,11H,3-8H2,1-2H3,(H,13,16). The van der Waals surface area contributed by atoms with Crippen LogP contribution in [0.3, 0.4) is 0 Å². The Hall–Kier alpha value is -0.610. The van der Waals surface area contributed by atoms with E-state index in [2.05, 4.69) is 28.3 Å². The SMILES string of the molecule is CCCN1CCC(n2c(C)c[nH]c2=S)CC1. The molecule has 0 spiro atoms. The highest BCUT2D eigenvalue weighted by Gasteiger charge is 2.21. The highest BCUT2D eigenvalue weighted by atomic mass is 32.1. The van der Waals surface area contributed by atoms with Crippen LogP contribution in [0.15, 0.2) is 6.20 Å². The van der Waals surface area contributed by atoms with Crippen molar-refractivity contribution in [2.75, 3.05) is 19.6 Å². The van der Waals surface area contributed by atoms with E-state index in [1.165, 1.54) is 44.6 Å². The summed E-state index contributed by atoms with van der Waals surface area (Å²) in [6.07, 6.45) is 5.73. The van der Waals surface area contributed by atoms with E-state index in [-0.39, 0.29) is 0 Å². The third-order valence-electron chi connectivity index (χ3n) is 3.47. The fourth-order valence-corrected chi connectivity index (χ4v) is 2.99. The number of rotatable bonds is 3. The third-order valence-corrected chi connectivity index (χ3v) is 3.78. The van der Waals surface area contributed by atoms with Gasteiger partial charge in [0.2, 0.25) is 0 Å². The number of likely N-dealkylation sites (tertiary alicyclic amines) is 1. The summed E-state index contributed by atoms with van der Waals surface area (Å²) in [4.78, 5) is 5.69. The van der Waals surface area contributed by atoms with Crippen molar-refractivity contribution in [1.82, 2.24) is 14.5 Å². The van der Waals surface area contributed by atoms with Crippen LogP contribution in [0.5, 0.6) is 0 Å². The number of imidazole rings is 1. The first-order valence-electron chi connectivity index (χ1n) is 6.21. The second-order valence-corrected chi connectivity index (χ2v) is 5.06. The first-order chi connectivity index (χ1) is 7.72. The highest BCUT2D eigenvalue weighted by molar-refractivity contribution is 7.71. The smallest absolute Gasteiger partial charge is 0.177 e. The maximum atomic E-state index is 5.33. The van der Waals surface area contributed by atoms with Crippen LogP contribution in [0, 0.1) is 11.7 Å². The van der Waals surface area contributed by atoms with E-state index in [4.69, 9.17) is 12.2 Å². The Labute approximate surface area is 102 Å². The lowest BCUT2D eigenvalue weighted by atomic mass is 10.0. The third kappa shape index (κ3) is 2.38. The minimum absolute atomic E-state index is 0.604. The van der Waals surface area contributed by atoms with Gasteiger partial charge in [0.25, 0.3) is 0 Å². The molecule has 0 amide bonds. The minimum Gasteiger partial charge on any atom is -0.337 e. The van der Waals surface area contributed by atoms with Crippen LogP contribution in [0.2, 0.25) is 0 Å². The Kier molecular flexibility index (Phi) is 3.82. The predicted octanol–water partition coefficient (Wildman–Crippen LogP) is 2.90.